The van der Waals surface area contributed by atoms with E-state index in [1.807, 2.05) is 12.1 Å². The Morgan fingerprint density at radius 3 is 2.24 bits per heavy atom. The number of hydrogen-bond acceptors (Lipinski definition) is 4. The minimum atomic E-state index is -3.90. The normalized spacial score (nSPS) is 11.4. The quantitative estimate of drug-likeness (QED) is 0.325. The highest BCUT2D eigenvalue weighted by Gasteiger charge is 2.18. The van der Waals surface area contributed by atoms with Gasteiger partial charge in [-0.25, -0.2) is 9.37 Å². The number of H-pyrrole nitrogens is 1. The number of aromatic nitrogens is 3. The van der Waals surface area contributed by atoms with E-state index in [0.29, 0.717) is 11.3 Å². The fraction of sp³-hybridized carbons (Fsp3) is 0. The van der Waals surface area contributed by atoms with Gasteiger partial charge in [0.2, 0.25) is 0 Å². The van der Waals surface area contributed by atoms with Crippen LogP contribution in [0.5, 0.6) is 0 Å². The number of nitrogens with one attached hydrogen (secondary N) is 3. The lowest BCUT2D eigenvalue weighted by atomic mass is 10.00. The van der Waals surface area contributed by atoms with Crippen LogP contribution in [0.4, 0.5) is 15.9 Å². The molecule has 33 heavy (non-hydrogen) atoms. The third-order valence-corrected chi connectivity index (χ3v) is 6.01. The maximum absolute atomic E-state index is 13.5. The van der Waals surface area contributed by atoms with Crippen molar-refractivity contribution in [3.63, 3.8) is 0 Å². The first-order chi connectivity index (χ1) is 16.0. The summed E-state index contributed by atoms with van der Waals surface area (Å²) in [5.41, 5.74) is 4.20. The van der Waals surface area contributed by atoms with Gasteiger partial charge in [-0.2, -0.15) is 8.42 Å². The summed E-state index contributed by atoms with van der Waals surface area (Å²) < 4.78 is 43.5. The number of para-hydroxylation sites is 1. The first-order valence-corrected chi connectivity index (χ1v) is 11.5. The summed E-state index contributed by atoms with van der Waals surface area (Å²) in [6.45, 7) is 0. The van der Waals surface area contributed by atoms with E-state index in [4.69, 9.17) is 0 Å². The average Bonchev–Trinajstić information content (AvgIpc) is 3.19. The molecule has 164 valence electrons. The second kappa shape index (κ2) is 8.36. The van der Waals surface area contributed by atoms with Gasteiger partial charge in [-0.1, -0.05) is 18.2 Å². The molecule has 9 heteroatoms. The third kappa shape index (κ3) is 4.39. The Kier molecular flexibility index (Phi) is 5.23. The minimum Gasteiger partial charge on any atom is -0.339 e. The van der Waals surface area contributed by atoms with Gasteiger partial charge in [-0.15, -0.1) is 0 Å². The van der Waals surface area contributed by atoms with Crippen molar-refractivity contribution >= 4 is 32.7 Å². The molecule has 5 aromatic rings. The van der Waals surface area contributed by atoms with Crippen LogP contribution in [0.25, 0.3) is 33.4 Å². The number of pyridine rings is 2. The first-order valence-electron chi connectivity index (χ1n) is 10.0. The average molecular weight is 460 g/mol. The first kappa shape index (κ1) is 20.7. The van der Waals surface area contributed by atoms with Gasteiger partial charge < -0.3 is 4.98 Å². The number of nitrogens with zero attached hydrogens (tertiary/aromatic N) is 2. The van der Waals surface area contributed by atoms with Gasteiger partial charge >= 0.3 is 10.2 Å². The second-order valence-corrected chi connectivity index (χ2v) is 8.70. The predicted molar refractivity (Wildman–Crippen MR) is 127 cm³/mol. The minimum absolute atomic E-state index is 0.152. The van der Waals surface area contributed by atoms with Gasteiger partial charge in [0.15, 0.2) is 0 Å². The molecule has 0 bridgehead atoms. The van der Waals surface area contributed by atoms with E-state index in [1.54, 1.807) is 67.0 Å². The number of aromatic amines is 1. The summed E-state index contributed by atoms with van der Waals surface area (Å²) in [5, 5.41) is 0.791. The van der Waals surface area contributed by atoms with Crippen molar-refractivity contribution in [2.75, 3.05) is 9.44 Å². The zero-order valence-electron chi connectivity index (χ0n) is 17.2. The molecule has 0 atom stereocenters. The lowest BCUT2D eigenvalue weighted by Crippen LogP contribution is -2.22. The Morgan fingerprint density at radius 2 is 1.52 bits per heavy atom. The molecule has 0 saturated carbocycles. The molecule has 0 saturated heterocycles. The number of fused-ring (bicyclic) bond motifs is 1. The maximum Gasteiger partial charge on any atom is 0.322 e. The van der Waals surface area contributed by atoms with E-state index in [0.717, 1.165) is 27.8 Å². The number of anilines is 2. The van der Waals surface area contributed by atoms with E-state index in [2.05, 4.69) is 24.4 Å². The molecule has 0 spiro atoms. The van der Waals surface area contributed by atoms with Gasteiger partial charge in [-0.3, -0.25) is 14.4 Å². The van der Waals surface area contributed by atoms with Crippen LogP contribution in [0, 0.1) is 5.82 Å². The van der Waals surface area contributed by atoms with E-state index in [1.165, 1.54) is 12.1 Å². The highest BCUT2D eigenvalue weighted by molar-refractivity contribution is 7.94. The van der Waals surface area contributed by atoms with Crippen molar-refractivity contribution in [1.29, 1.82) is 0 Å². The molecule has 0 aliphatic rings. The fourth-order valence-corrected chi connectivity index (χ4v) is 4.49. The largest absolute Gasteiger partial charge is 0.339 e. The van der Waals surface area contributed by atoms with Crippen molar-refractivity contribution in [2.45, 2.75) is 0 Å². The van der Waals surface area contributed by atoms with Crippen LogP contribution in [-0.2, 0) is 10.2 Å². The number of rotatable bonds is 6. The zero-order chi connectivity index (χ0) is 22.8. The third-order valence-electron chi connectivity index (χ3n) is 5.02. The maximum atomic E-state index is 13.5. The van der Waals surface area contributed by atoms with Gasteiger partial charge in [0, 0.05) is 23.3 Å². The van der Waals surface area contributed by atoms with Crippen LogP contribution in [0.2, 0.25) is 0 Å². The Labute approximate surface area is 189 Å². The molecule has 3 aromatic heterocycles. The highest BCUT2D eigenvalue weighted by atomic mass is 32.2. The Morgan fingerprint density at radius 1 is 0.788 bits per heavy atom. The van der Waals surface area contributed by atoms with E-state index in [-0.39, 0.29) is 11.6 Å². The van der Waals surface area contributed by atoms with E-state index in [9.17, 15) is 12.8 Å². The summed E-state index contributed by atoms with van der Waals surface area (Å²) in [5.74, 6) is -0.180. The molecule has 3 heterocycles. The molecule has 0 amide bonds. The Balaban J connectivity index is 1.56. The van der Waals surface area contributed by atoms with Crippen molar-refractivity contribution in [2.24, 2.45) is 0 Å². The number of halogens is 1. The van der Waals surface area contributed by atoms with E-state index < -0.39 is 10.2 Å². The molecule has 2 aromatic carbocycles. The molecular formula is C24H18FN5O2S. The molecule has 0 aliphatic carbocycles. The summed E-state index contributed by atoms with van der Waals surface area (Å²) in [4.78, 5) is 11.8. The fourth-order valence-electron chi connectivity index (χ4n) is 3.60. The predicted octanol–water partition coefficient (Wildman–Crippen LogP) is 5.20. The SMILES string of the molecule is O=S(=O)(Nc1ccccc1)Nc1ccc2c(-c3ccncc3)c(-c3ccc(F)cc3)[nH]c2n1. The summed E-state index contributed by atoms with van der Waals surface area (Å²) >= 11 is 0. The summed E-state index contributed by atoms with van der Waals surface area (Å²) in [6.07, 6.45) is 3.38. The lowest BCUT2D eigenvalue weighted by Gasteiger charge is -2.09. The molecule has 0 radical (unpaired) electrons. The summed E-state index contributed by atoms with van der Waals surface area (Å²) in [6, 6.07) is 21.8. The zero-order valence-corrected chi connectivity index (χ0v) is 18.0. The van der Waals surface area contributed by atoms with Gasteiger partial charge in [0.1, 0.15) is 17.3 Å². The van der Waals surface area contributed by atoms with Gasteiger partial charge in [0.25, 0.3) is 0 Å². The molecule has 0 fully saturated rings. The van der Waals surface area contributed by atoms with Crippen LogP contribution in [-0.4, -0.2) is 23.4 Å². The molecule has 0 unspecified atom stereocenters. The van der Waals surface area contributed by atoms with Crippen molar-refractivity contribution in [1.82, 2.24) is 15.0 Å². The van der Waals surface area contributed by atoms with Crippen molar-refractivity contribution in [3.05, 3.63) is 97.1 Å². The van der Waals surface area contributed by atoms with Crippen molar-refractivity contribution in [3.8, 4) is 22.4 Å². The topological polar surface area (TPSA) is 99.8 Å². The highest BCUT2D eigenvalue weighted by Crippen LogP contribution is 2.38. The molecule has 7 nitrogen and oxygen atoms in total. The molecule has 5 rings (SSSR count). The smallest absolute Gasteiger partial charge is 0.322 e. The van der Waals surface area contributed by atoms with Crippen molar-refractivity contribution < 1.29 is 12.8 Å². The number of benzene rings is 2. The van der Waals surface area contributed by atoms with E-state index >= 15 is 0 Å². The van der Waals surface area contributed by atoms with Crippen LogP contribution in [0.15, 0.2) is 91.3 Å². The van der Waals surface area contributed by atoms with Gasteiger partial charge in [0.05, 0.1) is 11.4 Å². The monoisotopic (exact) mass is 459 g/mol. The van der Waals surface area contributed by atoms with Gasteiger partial charge in [-0.05, 0) is 71.8 Å². The standard InChI is InChI=1S/C24H18FN5O2S/c25-18-8-6-17(7-9-18)23-22(16-12-14-26-15-13-16)20-10-11-21(27-24(20)28-23)30-33(31,32)29-19-4-2-1-3-5-19/h1-15,29H,(H2,27,28,30). The molecule has 3 N–H and O–H groups in total. The molecular weight excluding hydrogens is 441 g/mol. The van der Waals surface area contributed by atoms with Crippen LogP contribution in [0.1, 0.15) is 0 Å². The molecule has 0 aliphatic heterocycles. The van der Waals surface area contributed by atoms with Crippen LogP contribution < -0.4 is 9.44 Å². The Bertz CT molecular complexity index is 1520. The van der Waals surface area contributed by atoms with Crippen LogP contribution >= 0.6 is 0 Å². The Hall–Kier alpha value is -4.24. The van der Waals surface area contributed by atoms with Crippen LogP contribution in [0.3, 0.4) is 0 Å². The number of hydrogen-bond donors (Lipinski definition) is 3. The summed E-state index contributed by atoms with van der Waals surface area (Å²) in [7, 11) is -3.90. The lowest BCUT2D eigenvalue weighted by molar-refractivity contribution is 0.606. The second-order valence-electron chi connectivity index (χ2n) is 7.28.